The monoisotopic (exact) mass is 305 g/mol. The molecule has 0 bridgehead atoms. The zero-order valence-electron chi connectivity index (χ0n) is 11.6. The van der Waals surface area contributed by atoms with Crippen LogP contribution in [0, 0.1) is 5.82 Å². The molecule has 1 saturated heterocycles. The molecule has 1 unspecified atom stereocenters. The second-order valence-corrected chi connectivity index (χ2v) is 5.65. The highest BCUT2D eigenvalue weighted by Gasteiger charge is 2.24. The molecule has 0 amide bonds. The number of halogens is 2. The fraction of sp³-hybridized carbons (Fsp3) is 0.312. The molecule has 5 heteroatoms. The van der Waals surface area contributed by atoms with Crippen LogP contribution in [0.1, 0.15) is 17.2 Å². The lowest BCUT2D eigenvalue weighted by Crippen LogP contribution is -2.45. The van der Waals surface area contributed by atoms with Crippen molar-refractivity contribution in [3.05, 3.63) is 64.7 Å². The van der Waals surface area contributed by atoms with Crippen molar-refractivity contribution in [3.8, 4) is 0 Å². The van der Waals surface area contributed by atoms with Gasteiger partial charge in [0.25, 0.3) is 0 Å². The van der Waals surface area contributed by atoms with Gasteiger partial charge < -0.3 is 5.32 Å². The van der Waals surface area contributed by atoms with Gasteiger partial charge in [0.15, 0.2) is 0 Å². The van der Waals surface area contributed by atoms with Crippen molar-refractivity contribution in [1.29, 1.82) is 0 Å². The van der Waals surface area contributed by atoms with Gasteiger partial charge in [0, 0.05) is 55.2 Å². The van der Waals surface area contributed by atoms with E-state index in [1.165, 1.54) is 6.07 Å². The first-order valence-corrected chi connectivity index (χ1v) is 7.40. The molecule has 1 aromatic carbocycles. The van der Waals surface area contributed by atoms with Gasteiger partial charge in [-0.1, -0.05) is 23.7 Å². The predicted octanol–water partition coefficient (Wildman–Crippen LogP) is 3.02. The quantitative estimate of drug-likeness (QED) is 0.945. The van der Waals surface area contributed by atoms with Crippen molar-refractivity contribution in [2.45, 2.75) is 12.6 Å². The summed E-state index contributed by atoms with van der Waals surface area (Å²) in [6.45, 7) is 3.21. The summed E-state index contributed by atoms with van der Waals surface area (Å²) in [5, 5.41) is 3.82. The highest BCUT2D eigenvalue weighted by atomic mass is 35.5. The molecule has 2 aromatic rings. The number of pyridine rings is 1. The number of aromatic nitrogens is 1. The molecule has 3 rings (SSSR count). The van der Waals surface area contributed by atoms with E-state index in [1.807, 2.05) is 12.3 Å². The summed E-state index contributed by atoms with van der Waals surface area (Å²) in [5.74, 6) is -0.244. The van der Waals surface area contributed by atoms with Gasteiger partial charge in [-0.3, -0.25) is 9.88 Å². The highest BCUT2D eigenvalue weighted by Crippen LogP contribution is 2.25. The lowest BCUT2D eigenvalue weighted by atomic mass is 10.0. The Bertz CT molecular complexity index is 606. The summed E-state index contributed by atoms with van der Waals surface area (Å²) in [4.78, 5) is 6.46. The summed E-state index contributed by atoms with van der Waals surface area (Å²) in [5.41, 5.74) is 1.83. The van der Waals surface area contributed by atoms with E-state index in [9.17, 15) is 4.39 Å². The van der Waals surface area contributed by atoms with Crippen LogP contribution in [0.25, 0.3) is 0 Å². The Kier molecular flexibility index (Phi) is 4.48. The second-order valence-electron chi connectivity index (χ2n) is 5.21. The molecular formula is C16H17ClFN3. The van der Waals surface area contributed by atoms with E-state index in [-0.39, 0.29) is 11.9 Å². The molecule has 0 saturated carbocycles. The zero-order valence-corrected chi connectivity index (χ0v) is 12.4. The SMILES string of the molecule is Fc1cc(Cl)ccc1CN1CCNCC1c1cccnc1. The second kappa shape index (κ2) is 6.52. The summed E-state index contributed by atoms with van der Waals surface area (Å²) < 4.78 is 14.0. The van der Waals surface area contributed by atoms with Gasteiger partial charge in [-0.2, -0.15) is 0 Å². The summed E-state index contributed by atoms with van der Waals surface area (Å²) in [6.07, 6.45) is 3.64. The van der Waals surface area contributed by atoms with Gasteiger partial charge in [0.2, 0.25) is 0 Å². The van der Waals surface area contributed by atoms with Crippen LogP contribution in [0.4, 0.5) is 4.39 Å². The van der Waals surface area contributed by atoms with E-state index in [4.69, 9.17) is 11.6 Å². The summed E-state index contributed by atoms with van der Waals surface area (Å²) in [6, 6.07) is 9.09. The van der Waals surface area contributed by atoms with Crippen LogP contribution in [-0.2, 0) is 6.54 Å². The fourth-order valence-corrected chi connectivity index (χ4v) is 2.86. The Morgan fingerprint density at radius 3 is 3.05 bits per heavy atom. The highest BCUT2D eigenvalue weighted by molar-refractivity contribution is 6.30. The molecule has 110 valence electrons. The molecule has 3 nitrogen and oxygen atoms in total. The van der Waals surface area contributed by atoms with Crippen molar-refractivity contribution >= 4 is 11.6 Å². The first kappa shape index (κ1) is 14.4. The predicted molar refractivity (Wildman–Crippen MR) is 81.7 cm³/mol. The van der Waals surface area contributed by atoms with Gasteiger partial charge in [-0.15, -0.1) is 0 Å². The Labute approximate surface area is 128 Å². The fourth-order valence-electron chi connectivity index (χ4n) is 2.71. The third kappa shape index (κ3) is 3.40. The first-order valence-electron chi connectivity index (χ1n) is 7.02. The lowest BCUT2D eigenvalue weighted by molar-refractivity contribution is 0.151. The maximum Gasteiger partial charge on any atom is 0.129 e. The molecule has 1 aliphatic heterocycles. The molecule has 0 aliphatic carbocycles. The van der Waals surface area contributed by atoms with Crippen LogP contribution in [0.5, 0.6) is 0 Å². The Balaban J connectivity index is 1.81. The first-order chi connectivity index (χ1) is 10.2. The van der Waals surface area contributed by atoms with Crippen LogP contribution in [0.15, 0.2) is 42.7 Å². The molecule has 1 N–H and O–H groups in total. The molecule has 2 heterocycles. The molecule has 0 spiro atoms. The molecule has 21 heavy (non-hydrogen) atoms. The van der Waals surface area contributed by atoms with E-state index in [1.54, 1.807) is 18.3 Å². The number of nitrogens with zero attached hydrogens (tertiary/aromatic N) is 2. The number of rotatable bonds is 3. The standard InChI is InChI=1S/C16H17ClFN3/c17-14-4-3-13(15(18)8-14)11-21-7-6-20-10-16(21)12-2-1-5-19-9-12/h1-5,8-9,16,20H,6-7,10-11H2. The summed E-state index contributed by atoms with van der Waals surface area (Å²) >= 11 is 5.81. The van der Waals surface area contributed by atoms with Gasteiger partial charge in [-0.25, -0.2) is 4.39 Å². The molecule has 1 fully saturated rings. The molecule has 1 aromatic heterocycles. The van der Waals surface area contributed by atoms with Crippen molar-refractivity contribution in [2.24, 2.45) is 0 Å². The average Bonchev–Trinajstić information content (AvgIpc) is 2.51. The largest absolute Gasteiger partial charge is 0.314 e. The molecule has 1 atom stereocenters. The van der Waals surface area contributed by atoms with Crippen molar-refractivity contribution < 1.29 is 4.39 Å². The summed E-state index contributed by atoms with van der Waals surface area (Å²) in [7, 11) is 0. The van der Waals surface area contributed by atoms with Crippen LogP contribution in [-0.4, -0.2) is 29.5 Å². The smallest absolute Gasteiger partial charge is 0.129 e. The third-order valence-electron chi connectivity index (χ3n) is 3.81. The topological polar surface area (TPSA) is 28.2 Å². The third-order valence-corrected chi connectivity index (χ3v) is 4.05. The van der Waals surface area contributed by atoms with Crippen molar-refractivity contribution in [2.75, 3.05) is 19.6 Å². The van der Waals surface area contributed by atoms with Crippen LogP contribution < -0.4 is 5.32 Å². The zero-order chi connectivity index (χ0) is 14.7. The Hall–Kier alpha value is -1.49. The van der Waals surface area contributed by atoms with Crippen LogP contribution in [0.2, 0.25) is 5.02 Å². The Morgan fingerprint density at radius 2 is 2.29 bits per heavy atom. The number of hydrogen-bond donors (Lipinski definition) is 1. The van der Waals surface area contributed by atoms with Crippen molar-refractivity contribution in [1.82, 2.24) is 15.2 Å². The minimum Gasteiger partial charge on any atom is -0.314 e. The van der Waals surface area contributed by atoms with Gasteiger partial charge in [-0.05, 0) is 23.8 Å². The van der Waals surface area contributed by atoms with Crippen LogP contribution >= 0.6 is 11.6 Å². The van der Waals surface area contributed by atoms with E-state index in [0.717, 1.165) is 25.2 Å². The van der Waals surface area contributed by atoms with Crippen molar-refractivity contribution in [3.63, 3.8) is 0 Å². The van der Waals surface area contributed by atoms with Gasteiger partial charge >= 0.3 is 0 Å². The lowest BCUT2D eigenvalue weighted by Gasteiger charge is -2.36. The van der Waals surface area contributed by atoms with Crippen LogP contribution in [0.3, 0.4) is 0 Å². The van der Waals surface area contributed by atoms with Gasteiger partial charge in [0.1, 0.15) is 5.82 Å². The molecular weight excluding hydrogens is 289 g/mol. The maximum atomic E-state index is 14.0. The minimum absolute atomic E-state index is 0.211. The minimum atomic E-state index is -0.244. The van der Waals surface area contributed by atoms with Gasteiger partial charge in [0.05, 0.1) is 0 Å². The number of hydrogen-bond acceptors (Lipinski definition) is 3. The maximum absolute atomic E-state index is 14.0. The van der Waals surface area contributed by atoms with E-state index in [0.29, 0.717) is 17.1 Å². The molecule has 0 radical (unpaired) electrons. The van der Waals surface area contributed by atoms with E-state index >= 15 is 0 Å². The number of nitrogens with one attached hydrogen (secondary N) is 1. The Morgan fingerprint density at radius 1 is 1.38 bits per heavy atom. The number of piperazine rings is 1. The average molecular weight is 306 g/mol. The normalized spacial score (nSPS) is 19.6. The van der Waals surface area contributed by atoms with E-state index < -0.39 is 0 Å². The molecule has 1 aliphatic rings. The van der Waals surface area contributed by atoms with E-state index in [2.05, 4.69) is 21.3 Å². The number of benzene rings is 1.